The fourth-order valence-electron chi connectivity index (χ4n) is 10.4. The Morgan fingerprint density at radius 2 is 0.676 bits per heavy atom. The topological polar surface area (TPSA) is 60.6 Å². The Hall–Kier alpha value is -7.70. The first-order chi connectivity index (χ1) is 35.1. The zero-order chi connectivity index (χ0) is 53.0. The molecule has 25 heteroatoms. The fourth-order valence-corrected chi connectivity index (χ4v) is 10.4. The van der Waals surface area contributed by atoms with Crippen LogP contribution in [-0.2, 0) is 0 Å². The van der Waals surface area contributed by atoms with E-state index in [0.717, 1.165) is 6.07 Å². The van der Waals surface area contributed by atoms with E-state index in [9.17, 15) is 17.6 Å². The third-order valence-electron chi connectivity index (χ3n) is 13.6. The van der Waals surface area contributed by atoms with Crippen molar-refractivity contribution in [3.63, 3.8) is 0 Å². The van der Waals surface area contributed by atoms with Crippen molar-refractivity contribution in [2.24, 2.45) is 0 Å². The van der Waals surface area contributed by atoms with Crippen LogP contribution in [0, 0.1) is 116 Å². The number of aromatic nitrogens is 4. The molecule has 11 rings (SSSR count). The molecule has 7 heterocycles. The quantitative estimate of drug-likeness (QED) is 0.105. The number of nitrogens with zero attached hydrogens (tertiary/aromatic N) is 3. The van der Waals surface area contributed by atoms with Gasteiger partial charge in [-0.1, -0.05) is 0 Å². The zero-order valence-electron chi connectivity index (χ0n) is 35.9. The highest BCUT2D eigenvalue weighted by atomic mass is 19.2. The van der Waals surface area contributed by atoms with Gasteiger partial charge in [0.05, 0.1) is 45.0 Å². The summed E-state index contributed by atoms with van der Waals surface area (Å²) < 4.78 is 310. The molecule has 0 unspecified atom stereocenters. The van der Waals surface area contributed by atoms with Crippen molar-refractivity contribution in [1.29, 1.82) is 0 Å². The van der Waals surface area contributed by atoms with Crippen LogP contribution in [0.1, 0.15) is 47.5 Å². The maximum atomic E-state index is 16.4. The van der Waals surface area contributed by atoms with Crippen LogP contribution in [0.2, 0.25) is 0 Å². The number of halogens is 20. The lowest BCUT2D eigenvalue weighted by Crippen LogP contribution is -2.25. The molecule has 5 nitrogen and oxygen atoms in total. The molecular weight excluding hydrogens is 1040 g/mol. The molecule has 0 radical (unpaired) electrons. The van der Waals surface area contributed by atoms with Crippen LogP contribution < -0.4 is 0 Å². The number of benzene rings is 4. The summed E-state index contributed by atoms with van der Waals surface area (Å²) in [5, 5.41) is 0. The monoisotopic (exact) mass is 1060 g/mol. The van der Waals surface area contributed by atoms with Crippen LogP contribution in [0.25, 0.3) is 78.7 Å². The summed E-state index contributed by atoms with van der Waals surface area (Å²) in [5.74, 6) is -54.9. The molecule has 3 atom stereocenters. The molecule has 2 fully saturated rings. The van der Waals surface area contributed by atoms with Gasteiger partial charge in [-0.25, -0.2) is 92.8 Å². The minimum Gasteiger partial charge on any atom is -0.354 e. The summed E-state index contributed by atoms with van der Waals surface area (Å²) in [5.41, 5.74) is -19.0. The van der Waals surface area contributed by atoms with Gasteiger partial charge in [0.1, 0.15) is 0 Å². The van der Waals surface area contributed by atoms with Gasteiger partial charge in [-0.15, -0.1) is 0 Å². The highest BCUT2D eigenvalue weighted by Crippen LogP contribution is 2.56. The largest absolute Gasteiger partial charge is 0.354 e. The fraction of sp³-hybridized carbons (Fsp3) is 0.143. The van der Waals surface area contributed by atoms with Gasteiger partial charge >= 0.3 is 0 Å². The number of hydrogen-bond acceptors (Lipinski definition) is 3. The second-order valence-corrected chi connectivity index (χ2v) is 17.3. The maximum Gasteiger partial charge on any atom is 0.200 e. The van der Waals surface area contributed by atoms with Crippen LogP contribution in [0.5, 0.6) is 0 Å². The predicted octanol–water partition coefficient (Wildman–Crippen LogP) is 14.3. The first kappa shape index (κ1) is 48.6. The van der Waals surface area contributed by atoms with Gasteiger partial charge in [0.15, 0.2) is 93.1 Å². The Kier molecular flexibility index (Phi) is 11.1. The molecule has 74 heavy (non-hydrogen) atoms. The molecule has 0 amide bonds. The standard InChI is InChI=1S/C49H19F20N5/c50-28-24(29(51)37(59)44(66)36(28)58)20-12-3-4-13(70-12)21(25-30(52)38(60)45(67)39(61)31(25)53)15-6-8-17(72-15)23(27-34(56)42(64)47(69)43(65)35(27)57)49-19-11(10-74-9-1-2-18(19)74)48(73-49)22(16-7-5-14(20)71-16)26-32(54)40(62)46(68)41(63)33(26)55/h3-8,11,18-19,70,72H,1-2,9-10H2/t11-,18-,19-/m1/s1. The molecule has 2 saturated heterocycles. The number of rotatable bonds is 4. The number of aromatic amines is 2. The summed E-state index contributed by atoms with van der Waals surface area (Å²) in [4.78, 5) is 14.9. The van der Waals surface area contributed by atoms with E-state index in [1.165, 1.54) is 0 Å². The Bertz CT molecular complexity index is 3800. The second kappa shape index (κ2) is 16.9. The van der Waals surface area contributed by atoms with Crippen molar-refractivity contribution < 1.29 is 87.8 Å². The van der Waals surface area contributed by atoms with Gasteiger partial charge in [-0.2, -0.15) is 0 Å². The van der Waals surface area contributed by atoms with Crippen LogP contribution in [0.15, 0.2) is 24.3 Å². The number of hydrogen-bond donors (Lipinski definition) is 2. The Morgan fingerprint density at radius 1 is 0.351 bits per heavy atom. The van der Waals surface area contributed by atoms with Crippen molar-refractivity contribution >= 4 is 34.2 Å². The van der Waals surface area contributed by atoms with Gasteiger partial charge in [-0.3, -0.25) is 9.88 Å². The molecule has 8 bridgehead atoms. The molecule has 0 saturated carbocycles. The normalized spacial score (nSPS) is 17.3. The Morgan fingerprint density at radius 3 is 1.09 bits per heavy atom. The lowest BCUT2D eigenvalue weighted by Gasteiger charge is -2.21. The van der Waals surface area contributed by atoms with Gasteiger partial charge < -0.3 is 9.97 Å². The molecular formula is C49H19F20N5. The molecule has 4 aromatic carbocycles. The van der Waals surface area contributed by atoms with Crippen molar-refractivity contribution in [3.05, 3.63) is 163 Å². The number of fused-ring (bicyclic) bond motifs is 13. The summed E-state index contributed by atoms with van der Waals surface area (Å²) >= 11 is 0. The molecule has 7 aromatic rings. The molecule has 380 valence electrons. The van der Waals surface area contributed by atoms with E-state index >= 15 is 70.2 Å². The highest BCUT2D eigenvalue weighted by molar-refractivity contribution is 5.99. The first-order valence-corrected chi connectivity index (χ1v) is 21.4. The van der Waals surface area contributed by atoms with Crippen LogP contribution in [0.3, 0.4) is 0 Å². The SMILES string of the molecule is Fc1c(F)c(F)c(-c2c3nc(c(-c4c(F)c(F)c(F)c(F)c4F)c4ccc([nH]4)c(-c4c(F)c(F)c(F)c(F)c4F)c4ccc([nH]4)c(-c4c(F)c(F)c(F)c(F)c4F)c4nc2[C@@H]2CN5CCC[C@@H]5[C@H]42)C=C3)c(F)c1F. The third kappa shape index (κ3) is 6.62. The van der Waals surface area contributed by atoms with E-state index in [1.54, 1.807) is 4.90 Å². The van der Waals surface area contributed by atoms with E-state index in [-0.39, 0.29) is 19.5 Å². The van der Waals surface area contributed by atoms with E-state index in [1.807, 2.05) is 0 Å². The van der Waals surface area contributed by atoms with Gasteiger partial charge in [0.25, 0.3) is 0 Å². The lowest BCUT2D eigenvalue weighted by molar-refractivity contribution is 0.311. The average molecular weight is 1060 g/mol. The maximum absolute atomic E-state index is 16.4. The summed E-state index contributed by atoms with van der Waals surface area (Å²) in [6, 6.07) is 1.90. The van der Waals surface area contributed by atoms with Gasteiger partial charge in [-0.05, 0) is 55.8 Å². The van der Waals surface area contributed by atoms with Crippen molar-refractivity contribution in [3.8, 4) is 44.5 Å². The van der Waals surface area contributed by atoms with E-state index < -0.39 is 224 Å². The summed E-state index contributed by atoms with van der Waals surface area (Å²) in [6.45, 7) is -0.132. The van der Waals surface area contributed by atoms with Crippen molar-refractivity contribution in [2.75, 3.05) is 13.1 Å². The van der Waals surface area contributed by atoms with Crippen LogP contribution >= 0.6 is 0 Å². The molecule has 0 spiro atoms. The van der Waals surface area contributed by atoms with E-state index in [4.69, 9.17) is 0 Å². The summed E-state index contributed by atoms with van der Waals surface area (Å²) in [7, 11) is 0. The number of nitrogens with one attached hydrogen (secondary N) is 2. The smallest absolute Gasteiger partial charge is 0.200 e. The molecule has 3 aromatic heterocycles. The molecule has 4 aliphatic rings. The number of H-pyrrole nitrogens is 2. The minimum absolute atomic E-state index is 0.123. The highest BCUT2D eigenvalue weighted by Gasteiger charge is 2.52. The lowest BCUT2D eigenvalue weighted by atomic mass is 9.82. The Labute approximate surface area is 398 Å². The van der Waals surface area contributed by atoms with Gasteiger partial charge in [0.2, 0.25) is 23.3 Å². The molecule has 0 aliphatic carbocycles. The van der Waals surface area contributed by atoms with Crippen LogP contribution in [-0.4, -0.2) is 44.0 Å². The molecule has 4 aliphatic heterocycles. The first-order valence-electron chi connectivity index (χ1n) is 21.4. The second-order valence-electron chi connectivity index (χ2n) is 17.3. The van der Waals surface area contributed by atoms with E-state index in [0.29, 0.717) is 36.8 Å². The van der Waals surface area contributed by atoms with E-state index in [2.05, 4.69) is 19.9 Å². The zero-order valence-corrected chi connectivity index (χ0v) is 35.9. The average Bonchev–Trinajstić information content (AvgIpc) is 4.27. The third-order valence-corrected chi connectivity index (χ3v) is 13.6. The van der Waals surface area contributed by atoms with Gasteiger partial charge in [0, 0.05) is 68.7 Å². The van der Waals surface area contributed by atoms with Crippen molar-refractivity contribution in [1.82, 2.24) is 24.8 Å². The van der Waals surface area contributed by atoms with Crippen molar-refractivity contribution in [2.45, 2.75) is 30.7 Å². The predicted molar refractivity (Wildman–Crippen MR) is 221 cm³/mol. The summed E-state index contributed by atoms with van der Waals surface area (Å²) in [6.07, 6.45) is 1.81. The minimum atomic E-state index is -2.70. The van der Waals surface area contributed by atoms with Crippen LogP contribution in [0.4, 0.5) is 87.8 Å². The molecule has 2 N–H and O–H groups in total. The Balaban J connectivity index is 1.45.